The summed E-state index contributed by atoms with van der Waals surface area (Å²) in [5, 5.41) is 8.76. The van der Waals surface area contributed by atoms with Crippen molar-refractivity contribution in [2.75, 3.05) is 11.1 Å². The molecule has 4 heteroatoms. The molecule has 2 unspecified atom stereocenters. The van der Waals surface area contributed by atoms with Crippen LogP contribution in [-0.2, 0) is 6.54 Å². The van der Waals surface area contributed by atoms with Crippen LogP contribution in [0.15, 0.2) is 42.7 Å². The standard InChI is InChI=1S/C16H21N3S/c1-13-16(8-5-9-20-13)18-15-10-17-19(12-15)11-14-6-3-2-4-7-14/h2-4,6-7,10,12-13,16,18H,5,8-9,11H2,1H3. The second kappa shape index (κ2) is 6.35. The molecule has 0 aliphatic carbocycles. The number of aromatic nitrogens is 2. The van der Waals surface area contributed by atoms with Crippen LogP contribution < -0.4 is 5.32 Å². The molecule has 2 aromatic rings. The van der Waals surface area contributed by atoms with Gasteiger partial charge < -0.3 is 5.32 Å². The van der Waals surface area contributed by atoms with Crippen molar-refractivity contribution in [1.29, 1.82) is 0 Å². The molecular formula is C16H21N3S. The molecule has 0 saturated carbocycles. The Labute approximate surface area is 124 Å². The van der Waals surface area contributed by atoms with Crippen LogP contribution in [0.4, 0.5) is 5.69 Å². The van der Waals surface area contributed by atoms with Crippen molar-refractivity contribution in [2.45, 2.75) is 37.6 Å². The fourth-order valence-corrected chi connectivity index (χ4v) is 3.76. The smallest absolute Gasteiger partial charge is 0.0729 e. The van der Waals surface area contributed by atoms with E-state index >= 15 is 0 Å². The number of benzene rings is 1. The highest BCUT2D eigenvalue weighted by atomic mass is 32.2. The van der Waals surface area contributed by atoms with Crippen LogP contribution in [0.25, 0.3) is 0 Å². The van der Waals surface area contributed by atoms with E-state index in [0.717, 1.165) is 12.2 Å². The lowest BCUT2D eigenvalue weighted by molar-refractivity contribution is 0.617. The van der Waals surface area contributed by atoms with Crippen LogP contribution in [0.2, 0.25) is 0 Å². The van der Waals surface area contributed by atoms with Crippen molar-refractivity contribution in [2.24, 2.45) is 0 Å². The summed E-state index contributed by atoms with van der Waals surface area (Å²) < 4.78 is 2.00. The van der Waals surface area contributed by atoms with Gasteiger partial charge in [0.05, 0.1) is 18.4 Å². The first kappa shape index (κ1) is 13.6. The molecule has 3 nitrogen and oxygen atoms in total. The Morgan fingerprint density at radius 3 is 3.00 bits per heavy atom. The SMILES string of the molecule is CC1SCCCC1Nc1cnn(Cc2ccccc2)c1. The van der Waals surface area contributed by atoms with E-state index in [9.17, 15) is 0 Å². The minimum Gasteiger partial charge on any atom is -0.379 e. The summed E-state index contributed by atoms with van der Waals surface area (Å²) in [4.78, 5) is 0. The van der Waals surface area contributed by atoms with Crippen molar-refractivity contribution >= 4 is 17.4 Å². The van der Waals surface area contributed by atoms with E-state index in [1.165, 1.54) is 24.2 Å². The topological polar surface area (TPSA) is 29.9 Å². The number of thioether (sulfide) groups is 1. The maximum absolute atomic E-state index is 4.45. The van der Waals surface area contributed by atoms with E-state index in [1.54, 1.807) is 0 Å². The first-order valence-corrected chi connectivity index (χ1v) is 8.30. The molecule has 1 fully saturated rings. The van der Waals surface area contributed by atoms with Gasteiger partial charge in [-0.1, -0.05) is 37.3 Å². The van der Waals surface area contributed by atoms with Gasteiger partial charge >= 0.3 is 0 Å². The van der Waals surface area contributed by atoms with Gasteiger partial charge in [0.25, 0.3) is 0 Å². The third-order valence-corrected chi connectivity index (χ3v) is 5.16. The van der Waals surface area contributed by atoms with Gasteiger partial charge in [-0.2, -0.15) is 16.9 Å². The highest BCUT2D eigenvalue weighted by Gasteiger charge is 2.21. The van der Waals surface area contributed by atoms with E-state index in [2.05, 4.69) is 59.6 Å². The third kappa shape index (κ3) is 3.37. The molecule has 0 bridgehead atoms. The highest BCUT2D eigenvalue weighted by Crippen LogP contribution is 2.27. The molecule has 1 aliphatic rings. The molecule has 1 saturated heterocycles. The zero-order valence-corrected chi connectivity index (χ0v) is 12.6. The Bertz CT molecular complexity index is 538. The molecule has 3 rings (SSSR count). The highest BCUT2D eigenvalue weighted by molar-refractivity contribution is 8.00. The van der Waals surface area contributed by atoms with Crippen molar-refractivity contribution in [1.82, 2.24) is 9.78 Å². The third-order valence-electron chi connectivity index (χ3n) is 3.78. The summed E-state index contributed by atoms with van der Waals surface area (Å²) in [6.07, 6.45) is 6.62. The summed E-state index contributed by atoms with van der Waals surface area (Å²) >= 11 is 2.07. The predicted octanol–water partition coefficient (Wildman–Crippen LogP) is 3.63. The monoisotopic (exact) mass is 287 g/mol. The zero-order valence-electron chi connectivity index (χ0n) is 11.8. The second-order valence-corrected chi connectivity index (χ2v) is 6.87. The van der Waals surface area contributed by atoms with E-state index < -0.39 is 0 Å². The van der Waals surface area contributed by atoms with Crippen LogP contribution in [0.5, 0.6) is 0 Å². The van der Waals surface area contributed by atoms with Gasteiger partial charge in [-0.3, -0.25) is 4.68 Å². The van der Waals surface area contributed by atoms with Crippen molar-refractivity contribution in [3.05, 3.63) is 48.3 Å². The first-order chi connectivity index (χ1) is 9.81. The maximum atomic E-state index is 4.45. The lowest BCUT2D eigenvalue weighted by Crippen LogP contribution is -2.32. The molecule has 2 atom stereocenters. The minimum atomic E-state index is 0.572. The van der Waals surface area contributed by atoms with Gasteiger partial charge in [0.2, 0.25) is 0 Å². The molecule has 1 N–H and O–H groups in total. The molecule has 0 spiro atoms. The van der Waals surface area contributed by atoms with Gasteiger partial charge in [-0.25, -0.2) is 0 Å². The van der Waals surface area contributed by atoms with Crippen molar-refractivity contribution in [3.63, 3.8) is 0 Å². The minimum absolute atomic E-state index is 0.572. The number of anilines is 1. The average Bonchev–Trinajstić information content (AvgIpc) is 2.90. The van der Waals surface area contributed by atoms with Gasteiger partial charge in [0, 0.05) is 17.5 Å². The molecule has 20 heavy (non-hydrogen) atoms. The normalized spacial score (nSPS) is 22.6. The Morgan fingerprint density at radius 2 is 2.20 bits per heavy atom. The molecule has 1 aromatic heterocycles. The summed E-state index contributed by atoms with van der Waals surface area (Å²) in [6.45, 7) is 3.15. The molecule has 0 radical (unpaired) electrons. The fourth-order valence-electron chi connectivity index (χ4n) is 2.62. The van der Waals surface area contributed by atoms with Gasteiger partial charge in [0.1, 0.15) is 0 Å². The van der Waals surface area contributed by atoms with E-state index in [4.69, 9.17) is 0 Å². The Kier molecular flexibility index (Phi) is 4.31. The Hall–Kier alpha value is -1.42. The van der Waals surface area contributed by atoms with E-state index in [-0.39, 0.29) is 0 Å². The molecule has 2 heterocycles. The van der Waals surface area contributed by atoms with Crippen molar-refractivity contribution < 1.29 is 0 Å². The zero-order chi connectivity index (χ0) is 13.8. The largest absolute Gasteiger partial charge is 0.379 e. The van der Waals surface area contributed by atoms with Crippen LogP contribution in [0.1, 0.15) is 25.3 Å². The van der Waals surface area contributed by atoms with Crippen LogP contribution in [0, 0.1) is 0 Å². The lowest BCUT2D eigenvalue weighted by Gasteiger charge is -2.29. The predicted molar refractivity (Wildman–Crippen MR) is 86.3 cm³/mol. The summed E-state index contributed by atoms with van der Waals surface area (Å²) in [6, 6.07) is 11.0. The lowest BCUT2D eigenvalue weighted by atomic mass is 10.1. The molecule has 1 aromatic carbocycles. The van der Waals surface area contributed by atoms with E-state index in [0.29, 0.717) is 11.3 Å². The van der Waals surface area contributed by atoms with Crippen LogP contribution in [-0.4, -0.2) is 26.8 Å². The van der Waals surface area contributed by atoms with Gasteiger partial charge in [-0.15, -0.1) is 0 Å². The first-order valence-electron chi connectivity index (χ1n) is 7.26. The van der Waals surface area contributed by atoms with Crippen LogP contribution >= 0.6 is 11.8 Å². The summed E-state index contributed by atoms with van der Waals surface area (Å²) in [7, 11) is 0. The van der Waals surface area contributed by atoms with Gasteiger partial charge in [-0.05, 0) is 24.2 Å². The molecular weight excluding hydrogens is 266 g/mol. The quantitative estimate of drug-likeness (QED) is 0.931. The van der Waals surface area contributed by atoms with Gasteiger partial charge in [0.15, 0.2) is 0 Å². The number of nitrogens with one attached hydrogen (secondary N) is 1. The van der Waals surface area contributed by atoms with E-state index in [1.807, 2.05) is 16.9 Å². The number of hydrogen-bond acceptors (Lipinski definition) is 3. The number of rotatable bonds is 4. The average molecular weight is 287 g/mol. The maximum Gasteiger partial charge on any atom is 0.0729 e. The summed E-state index contributed by atoms with van der Waals surface area (Å²) in [5.74, 6) is 1.30. The Balaban J connectivity index is 1.62. The molecule has 0 amide bonds. The Morgan fingerprint density at radius 1 is 1.35 bits per heavy atom. The summed E-state index contributed by atoms with van der Waals surface area (Å²) in [5.41, 5.74) is 2.42. The molecule has 1 aliphatic heterocycles. The second-order valence-electron chi connectivity index (χ2n) is 5.38. The fraction of sp³-hybridized carbons (Fsp3) is 0.438. The number of hydrogen-bond donors (Lipinski definition) is 1. The van der Waals surface area contributed by atoms with Crippen LogP contribution in [0.3, 0.4) is 0 Å². The number of nitrogens with zero attached hydrogens (tertiary/aromatic N) is 2. The van der Waals surface area contributed by atoms with Crippen molar-refractivity contribution in [3.8, 4) is 0 Å². The molecule has 106 valence electrons.